The van der Waals surface area contributed by atoms with Gasteiger partial charge in [-0.1, -0.05) is 36.4 Å². The van der Waals surface area contributed by atoms with Crippen LogP contribution in [0.1, 0.15) is 16.1 Å². The van der Waals surface area contributed by atoms with Crippen LogP contribution in [0.5, 0.6) is 11.5 Å². The van der Waals surface area contributed by atoms with E-state index < -0.39 is 5.97 Å². The third-order valence-corrected chi connectivity index (χ3v) is 4.28. The Morgan fingerprint density at radius 3 is 2.34 bits per heavy atom. The topological polar surface area (TPSA) is 62.1 Å². The number of hydrogen-bond donors (Lipinski definition) is 0. The van der Waals surface area contributed by atoms with Gasteiger partial charge in [-0.05, 0) is 42.0 Å². The molecule has 0 N–H and O–H groups in total. The number of imidazole rings is 1. The van der Waals surface area contributed by atoms with Crippen molar-refractivity contribution in [2.45, 2.75) is 6.61 Å². The van der Waals surface area contributed by atoms with Crippen LogP contribution < -0.4 is 9.47 Å². The molecule has 6 heteroatoms. The van der Waals surface area contributed by atoms with Gasteiger partial charge < -0.3 is 14.2 Å². The van der Waals surface area contributed by atoms with Crippen LogP contribution in [-0.4, -0.2) is 28.6 Å². The summed E-state index contributed by atoms with van der Waals surface area (Å²) in [6, 6.07) is 22.9. The Balaban J connectivity index is 1.22. The van der Waals surface area contributed by atoms with E-state index in [9.17, 15) is 4.79 Å². The summed E-state index contributed by atoms with van der Waals surface area (Å²) in [5.41, 5.74) is 2.20. The fraction of sp³-hybridized carbons (Fsp3) is 0.130. The van der Waals surface area contributed by atoms with E-state index in [0.717, 1.165) is 11.3 Å². The molecule has 0 aliphatic rings. The second kappa shape index (κ2) is 8.93. The lowest BCUT2D eigenvalue weighted by Gasteiger charge is -2.09. The van der Waals surface area contributed by atoms with Gasteiger partial charge in [0.05, 0.1) is 6.20 Å². The maximum atomic E-state index is 12.2. The van der Waals surface area contributed by atoms with E-state index in [1.165, 1.54) is 6.20 Å². The summed E-state index contributed by atoms with van der Waals surface area (Å²) in [4.78, 5) is 16.4. The highest BCUT2D eigenvalue weighted by molar-refractivity contribution is 5.88. The van der Waals surface area contributed by atoms with Gasteiger partial charge in [0.15, 0.2) is 5.69 Å². The first-order valence-corrected chi connectivity index (χ1v) is 9.28. The number of aromatic nitrogens is 2. The van der Waals surface area contributed by atoms with Crippen molar-refractivity contribution in [3.05, 3.63) is 96.4 Å². The lowest BCUT2D eigenvalue weighted by molar-refractivity contribution is 0.0442. The second-order valence-corrected chi connectivity index (χ2v) is 6.30. The fourth-order valence-electron chi connectivity index (χ4n) is 2.82. The van der Waals surface area contributed by atoms with E-state index in [0.29, 0.717) is 23.7 Å². The molecular weight excluding hydrogens is 368 g/mol. The number of fused-ring (bicyclic) bond motifs is 1. The van der Waals surface area contributed by atoms with Crippen molar-refractivity contribution in [3.63, 3.8) is 0 Å². The van der Waals surface area contributed by atoms with Crippen molar-refractivity contribution >= 4 is 11.6 Å². The minimum absolute atomic E-state index is 0.144. The maximum absolute atomic E-state index is 12.2. The molecule has 0 spiro atoms. The molecule has 0 unspecified atom stereocenters. The van der Waals surface area contributed by atoms with Crippen LogP contribution in [0, 0.1) is 0 Å². The molecule has 4 rings (SSSR count). The molecule has 0 saturated heterocycles. The molecule has 0 bridgehead atoms. The Kier molecular flexibility index (Phi) is 5.71. The van der Waals surface area contributed by atoms with E-state index in [-0.39, 0.29) is 13.2 Å². The zero-order valence-electron chi connectivity index (χ0n) is 15.7. The zero-order chi connectivity index (χ0) is 19.9. The van der Waals surface area contributed by atoms with E-state index in [1.807, 2.05) is 72.8 Å². The van der Waals surface area contributed by atoms with E-state index >= 15 is 0 Å². The van der Waals surface area contributed by atoms with E-state index in [1.54, 1.807) is 10.6 Å². The lowest BCUT2D eigenvalue weighted by atomic mass is 10.2. The lowest BCUT2D eigenvalue weighted by Crippen LogP contribution is -2.13. The van der Waals surface area contributed by atoms with Crippen molar-refractivity contribution in [3.8, 4) is 11.5 Å². The molecule has 2 aromatic carbocycles. The Hall–Kier alpha value is -3.80. The number of carbonyl (C=O) groups is 1. The van der Waals surface area contributed by atoms with Crippen molar-refractivity contribution in [2.75, 3.05) is 13.2 Å². The Morgan fingerprint density at radius 1 is 0.828 bits per heavy atom. The standard InChI is InChI=1S/C23H20N2O4/c26-23(21-16-24-22-8-4-5-13-25(21)22)28-15-14-27-19-9-11-20(12-10-19)29-17-18-6-2-1-3-7-18/h1-13,16H,14-15,17H2. The van der Waals surface area contributed by atoms with Gasteiger partial charge in [0.25, 0.3) is 0 Å². The molecule has 4 aromatic rings. The van der Waals surface area contributed by atoms with Crippen LogP contribution in [-0.2, 0) is 11.3 Å². The van der Waals surface area contributed by atoms with E-state index in [2.05, 4.69) is 4.98 Å². The summed E-state index contributed by atoms with van der Waals surface area (Å²) >= 11 is 0. The van der Waals surface area contributed by atoms with Gasteiger partial charge in [-0.25, -0.2) is 9.78 Å². The molecule has 2 heterocycles. The molecule has 0 amide bonds. The van der Waals surface area contributed by atoms with Gasteiger partial charge in [-0.2, -0.15) is 0 Å². The maximum Gasteiger partial charge on any atom is 0.357 e. The first kappa shape index (κ1) is 18.6. The predicted molar refractivity (Wildman–Crippen MR) is 108 cm³/mol. The third-order valence-electron chi connectivity index (χ3n) is 4.28. The summed E-state index contributed by atoms with van der Waals surface area (Å²) in [6.45, 7) is 0.915. The molecule has 0 saturated carbocycles. The normalized spacial score (nSPS) is 10.6. The average Bonchev–Trinajstić information content (AvgIpc) is 3.21. The number of ether oxygens (including phenoxy) is 3. The number of carbonyl (C=O) groups excluding carboxylic acids is 1. The van der Waals surface area contributed by atoms with Crippen molar-refractivity contribution in [2.24, 2.45) is 0 Å². The van der Waals surface area contributed by atoms with Gasteiger partial charge in [0, 0.05) is 6.20 Å². The Labute approximate surface area is 168 Å². The molecule has 0 radical (unpaired) electrons. The molecule has 0 atom stereocenters. The summed E-state index contributed by atoms with van der Waals surface area (Å²) < 4.78 is 18.3. The minimum Gasteiger partial charge on any atom is -0.490 e. The van der Waals surface area contributed by atoms with Gasteiger partial charge in [0.2, 0.25) is 0 Å². The minimum atomic E-state index is -0.433. The summed E-state index contributed by atoms with van der Waals surface area (Å²) in [5, 5.41) is 0. The Bertz CT molecular complexity index is 1070. The van der Waals surface area contributed by atoms with Gasteiger partial charge in [-0.3, -0.25) is 4.40 Å². The molecule has 29 heavy (non-hydrogen) atoms. The summed E-state index contributed by atoms with van der Waals surface area (Å²) in [7, 11) is 0. The molecule has 6 nitrogen and oxygen atoms in total. The second-order valence-electron chi connectivity index (χ2n) is 6.30. The first-order valence-electron chi connectivity index (χ1n) is 9.28. The van der Waals surface area contributed by atoms with Crippen LogP contribution in [0.2, 0.25) is 0 Å². The average molecular weight is 388 g/mol. The molecular formula is C23H20N2O4. The van der Waals surface area contributed by atoms with Crippen molar-refractivity contribution < 1.29 is 19.0 Å². The predicted octanol–water partition coefficient (Wildman–Crippen LogP) is 4.15. The largest absolute Gasteiger partial charge is 0.490 e. The van der Waals surface area contributed by atoms with Crippen LogP contribution in [0.15, 0.2) is 85.2 Å². The molecule has 2 aromatic heterocycles. The molecule has 146 valence electrons. The molecule has 0 aliphatic heterocycles. The highest BCUT2D eigenvalue weighted by Gasteiger charge is 2.12. The first-order chi connectivity index (χ1) is 14.3. The zero-order valence-corrected chi connectivity index (χ0v) is 15.7. The number of benzene rings is 2. The fourth-order valence-corrected chi connectivity index (χ4v) is 2.82. The highest BCUT2D eigenvalue weighted by Crippen LogP contribution is 2.18. The van der Waals surface area contributed by atoms with Crippen LogP contribution in [0.4, 0.5) is 0 Å². The molecule has 0 fully saturated rings. The Morgan fingerprint density at radius 2 is 1.55 bits per heavy atom. The van der Waals surface area contributed by atoms with Crippen molar-refractivity contribution in [1.82, 2.24) is 9.38 Å². The number of pyridine rings is 1. The van der Waals surface area contributed by atoms with Crippen LogP contribution in [0.25, 0.3) is 5.65 Å². The van der Waals surface area contributed by atoms with Gasteiger partial charge >= 0.3 is 5.97 Å². The van der Waals surface area contributed by atoms with Gasteiger partial charge in [0.1, 0.15) is 37.0 Å². The monoisotopic (exact) mass is 388 g/mol. The van der Waals surface area contributed by atoms with Gasteiger partial charge in [-0.15, -0.1) is 0 Å². The van der Waals surface area contributed by atoms with Crippen LogP contribution >= 0.6 is 0 Å². The quantitative estimate of drug-likeness (QED) is 0.335. The number of esters is 1. The smallest absolute Gasteiger partial charge is 0.357 e. The summed E-state index contributed by atoms with van der Waals surface area (Å²) in [6.07, 6.45) is 3.28. The summed E-state index contributed by atoms with van der Waals surface area (Å²) in [5.74, 6) is 1.01. The van der Waals surface area contributed by atoms with Crippen molar-refractivity contribution in [1.29, 1.82) is 0 Å². The van der Waals surface area contributed by atoms with Crippen LogP contribution in [0.3, 0.4) is 0 Å². The number of nitrogens with zero attached hydrogens (tertiary/aromatic N) is 2. The SMILES string of the molecule is O=C(OCCOc1ccc(OCc2ccccc2)cc1)c1cnc2ccccn12. The van der Waals surface area contributed by atoms with E-state index in [4.69, 9.17) is 14.2 Å². The number of rotatable bonds is 8. The number of hydrogen-bond acceptors (Lipinski definition) is 5. The molecule has 0 aliphatic carbocycles. The third kappa shape index (κ3) is 4.73. The highest BCUT2D eigenvalue weighted by atomic mass is 16.6.